The number of carbonyl (C=O) groups excluding carboxylic acids is 2. The van der Waals surface area contributed by atoms with Crippen LogP contribution in [-0.2, 0) is 9.59 Å². The Morgan fingerprint density at radius 1 is 1.00 bits per heavy atom. The highest BCUT2D eigenvalue weighted by molar-refractivity contribution is 5.77. The van der Waals surface area contributed by atoms with Gasteiger partial charge in [-0.15, -0.1) is 0 Å². The second-order valence-electron chi connectivity index (χ2n) is 4.38. The largest absolute Gasteiger partial charge is 0.354 e. The minimum absolute atomic E-state index is 0.0546. The maximum Gasteiger partial charge on any atom is 0.220 e. The first-order valence-electron chi connectivity index (χ1n) is 6.09. The summed E-state index contributed by atoms with van der Waals surface area (Å²) in [7, 11) is 0. The van der Waals surface area contributed by atoms with E-state index in [1.54, 1.807) is 0 Å². The van der Waals surface area contributed by atoms with E-state index < -0.39 is 0 Å². The molecule has 0 rings (SSSR count). The van der Waals surface area contributed by atoms with E-state index in [1.165, 1.54) is 0 Å². The molecule has 0 aromatic carbocycles. The van der Waals surface area contributed by atoms with Crippen LogP contribution in [0.3, 0.4) is 0 Å². The van der Waals surface area contributed by atoms with E-state index >= 15 is 0 Å². The van der Waals surface area contributed by atoms with Gasteiger partial charge in [-0.2, -0.15) is 0 Å². The lowest BCUT2D eigenvalue weighted by atomic mass is 10.1. The van der Waals surface area contributed by atoms with Gasteiger partial charge < -0.3 is 10.6 Å². The van der Waals surface area contributed by atoms with Crippen molar-refractivity contribution in [3.05, 3.63) is 0 Å². The number of hydrogen-bond acceptors (Lipinski definition) is 2. The predicted octanol–water partition coefficient (Wildman–Crippen LogP) is 1.46. The molecule has 0 aromatic heterocycles. The Balaban J connectivity index is 3.37. The van der Waals surface area contributed by atoms with E-state index in [0.717, 1.165) is 12.8 Å². The molecule has 0 aromatic rings. The van der Waals surface area contributed by atoms with Gasteiger partial charge in [0.15, 0.2) is 0 Å². The van der Waals surface area contributed by atoms with Crippen LogP contribution in [0.5, 0.6) is 0 Å². The fourth-order valence-electron chi connectivity index (χ4n) is 1.23. The molecule has 0 aliphatic heterocycles. The fourth-order valence-corrected chi connectivity index (χ4v) is 1.23. The third-order valence-electron chi connectivity index (χ3n) is 2.20. The molecule has 16 heavy (non-hydrogen) atoms. The van der Waals surface area contributed by atoms with E-state index in [0.29, 0.717) is 31.8 Å². The Morgan fingerprint density at radius 2 is 1.50 bits per heavy atom. The molecule has 0 bridgehead atoms. The monoisotopic (exact) mass is 228 g/mol. The molecule has 4 nitrogen and oxygen atoms in total. The van der Waals surface area contributed by atoms with Gasteiger partial charge in [-0.05, 0) is 18.8 Å². The lowest BCUT2D eigenvalue weighted by Gasteiger charge is -2.07. The van der Waals surface area contributed by atoms with Crippen molar-refractivity contribution in [1.82, 2.24) is 10.6 Å². The van der Waals surface area contributed by atoms with Crippen LogP contribution < -0.4 is 10.6 Å². The minimum Gasteiger partial charge on any atom is -0.354 e. The topological polar surface area (TPSA) is 58.2 Å². The Hall–Kier alpha value is -1.06. The number of nitrogens with one attached hydrogen (secondary N) is 2. The summed E-state index contributed by atoms with van der Waals surface area (Å²) < 4.78 is 0. The van der Waals surface area contributed by atoms with Crippen LogP contribution >= 0.6 is 0 Å². The Bertz CT molecular complexity index is 215. The summed E-state index contributed by atoms with van der Waals surface area (Å²) in [6, 6.07) is 0. The summed E-state index contributed by atoms with van der Waals surface area (Å²) in [4.78, 5) is 22.4. The lowest BCUT2D eigenvalue weighted by molar-refractivity contribution is -0.123. The van der Waals surface area contributed by atoms with Gasteiger partial charge in [-0.1, -0.05) is 20.8 Å². The first-order chi connectivity index (χ1) is 7.56. The van der Waals surface area contributed by atoms with Gasteiger partial charge in [0.25, 0.3) is 0 Å². The van der Waals surface area contributed by atoms with Crippen molar-refractivity contribution in [3.63, 3.8) is 0 Å². The number of carbonyl (C=O) groups is 2. The average molecular weight is 228 g/mol. The molecule has 0 fully saturated rings. The number of hydrogen-bond donors (Lipinski definition) is 2. The van der Waals surface area contributed by atoms with Crippen molar-refractivity contribution in [2.75, 3.05) is 13.1 Å². The highest BCUT2D eigenvalue weighted by Gasteiger charge is 2.03. The molecular weight excluding hydrogens is 204 g/mol. The summed E-state index contributed by atoms with van der Waals surface area (Å²) in [6.45, 7) is 7.20. The van der Waals surface area contributed by atoms with Gasteiger partial charge in [0.1, 0.15) is 0 Å². The molecule has 0 unspecified atom stereocenters. The highest BCUT2D eigenvalue weighted by Crippen LogP contribution is 2.02. The smallest absolute Gasteiger partial charge is 0.220 e. The summed E-state index contributed by atoms with van der Waals surface area (Å²) in [5.41, 5.74) is 0. The first kappa shape index (κ1) is 14.9. The highest BCUT2D eigenvalue weighted by atomic mass is 16.2. The molecule has 0 heterocycles. The molecule has 4 heteroatoms. The quantitative estimate of drug-likeness (QED) is 0.618. The SMILES string of the molecule is CCCC(=O)NCCNC(=O)CCC(C)C. The standard InChI is InChI=1S/C12H24N2O2/c1-4-5-11(15)13-8-9-14-12(16)7-6-10(2)3/h10H,4-9H2,1-3H3,(H,13,15)(H,14,16). The zero-order chi connectivity index (χ0) is 12.4. The maximum absolute atomic E-state index is 11.3. The van der Waals surface area contributed by atoms with Gasteiger partial charge in [-0.3, -0.25) is 9.59 Å². The van der Waals surface area contributed by atoms with Crippen molar-refractivity contribution >= 4 is 11.8 Å². The predicted molar refractivity (Wildman–Crippen MR) is 65.0 cm³/mol. The van der Waals surface area contributed by atoms with Crippen LogP contribution in [0.1, 0.15) is 46.5 Å². The fraction of sp³-hybridized carbons (Fsp3) is 0.833. The molecule has 0 aliphatic carbocycles. The molecule has 2 N–H and O–H groups in total. The van der Waals surface area contributed by atoms with Crippen molar-refractivity contribution < 1.29 is 9.59 Å². The Labute approximate surface area is 98.2 Å². The molecule has 0 saturated heterocycles. The molecule has 0 spiro atoms. The van der Waals surface area contributed by atoms with Crippen LogP contribution in [0.4, 0.5) is 0 Å². The van der Waals surface area contributed by atoms with Gasteiger partial charge in [0, 0.05) is 25.9 Å². The number of amides is 2. The minimum atomic E-state index is 0.0546. The van der Waals surface area contributed by atoms with Gasteiger partial charge in [0.2, 0.25) is 11.8 Å². The summed E-state index contributed by atoms with van der Waals surface area (Å²) >= 11 is 0. The third kappa shape index (κ3) is 9.49. The summed E-state index contributed by atoms with van der Waals surface area (Å²) in [5.74, 6) is 0.673. The van der Waals surface area contributed by atoms with Crippen LogP contribution in [0.15, 0.2) is 0 Å². The van der Waals surface area contributed by atoms with E-state index in [2.05, 4.69) is 24.5 Å². The van der Waals surface area contributed by atoms with E-state index in [-0.39, 0.29) is 11.8 Å². The molecule has 0 atom stereocenters. The van der Waals surface area contributed by atoms with E-state index in [1.807, 2.05) is 6.92 Å². The van der Waals surface area contributed by atoms with Crippen molar-refractivity contribution in [3.8, 4) is 0 Å². The first-order valence-corrected chi connectivity index (χ1v) is 6.09. The molecule has 2 amide bonds. The second kappa shape index (κ2) is 9.19. The second-order valence-corrected chi connectivity index (χ2v) is 4.38. The normalized spacial score (nSPS) is 10.2. The lowest BCUT2D eigenvalue weighted by Crippen LogP contribution is -2.34. The zero-order valence-electron chi connectivity index (χ0n) is 10.6. The number of rotatable bonds is 8. The Morgan fingerprint density at radius 3 is 1.94 bits per heavy atom. The van der Waals surface area contributed by atoms with Crippen LogP contribution in [-0.4, -0.2) is 24.9 Å². The summed E-state index contributed by atoms with van der Waals surface area (Å²) in [6.07, 6.45) is 2.89. The van der Waals surface area contributed by atoms with Gasteiger partial charge in [-0.25, -0.2) is 0 Å². The van der Waals surface area contributed by atoms with Crippen LogP contribution in [0.2, 0.25) is 0 Å². The van der Waals surface area contributed by atoms with E-state index in [4.69, 9.17) is 0 Å². The molecule has 94 valence electrons. The molecule has 0 aliphatic rings. The third-order valence-corrected chi connectivity index (χ3v) is 2.20. The van der Waals surface area contributed by atoms with Crippen molar-refractivity contribution in [1.29, 1.82) is 0 Å². The maximum atomic E-state index is 11.3. The van der Waals surface area contributed by atoms with Crippen LogP contribution in [0.25, 0.3) is 0 Å². The molecular formula is C12H24N2O2. The molecule has 0 saturated carbocycles. The average Bonchev–Trinajstić information content (AvgIpc) is 2.22. The summed E-state index contributed by atoms with van der Waals surface area (Å²) in [5, 5.41) is 5.53. The molecule has 0 radical (unpaired) electrons. The van der Waals surface area contributed by atoms with E-state index in [9.17, 15) is 9.59 Å². The van der Waals surface area contributed by atoms with Crippen molar-refractivity contribution in [2.45, 2.75) is 46.5 Å². The van der Waals surface area contributed by atoms with Gasteiger partial charge >= 0.3 is 0 Å². The zero-order valence-corrected chi connectivity index (χ0v) is 10.6. The Kier molecular flexibility index (Phi) is 8.58. The van der Waals surface area contributed by atoms with Crippen molar-refractivity contribution in [2.24, 2.45) is 5.92 Å². The van der Waals surface area contributed by atoms with Crippen LogP contribution in [0, 0.1) is 5.92 Å². The van der Waals surface area contributed by atoms with Gasteiger partial charge in [0.05, 0.1) is 0 Å².